The lowest BCUT2D eigenvalue weighted by Crippen LogP contribution is -2.24. The molecule has 2 nitrogen and oxygen atoms in total. The number of pyridine rings is 1. The number of halogens is 1. The summed E-state index contributed by atoms with van der Waals surface area (Å²) < 4.78 is 1.22. The smallest absolute Gasteiger partial charge is 0.0372 e. The van der Waals surface area contributed by atoms with E-state index in [0.717, 1.165) is 19.4 Å². The first kappa shape index (κ1) is 14.7. The molecule has 0 bridgehead atoms. The van der Waals surface area contributed by atoms with E-state index in [4.69, 9.17) is 0 Å². The van der Waals surface area contributed by atoms with Crippen LogP contribution in [-0.4, -0.2) is 11.5 Å². The number of rotatable bonds is 6. The second kappa shape index (κ2) is 7.17. The highest BCUT2D eigenvalue weighted by Crippen LogP contribution is 2.29. The number of aromatic nitrogens is 1. The second-order valence-electron chi connectivity index (χ2n) is 4.43. The van der Waals surface area contributed by atoms with Crippen molar-refractivity contribution < 1.29 is 0 Å². The Bertz CT molecular complexity index is 524. The Balaban J connectivity index is 2.27. The first-order valence-corrected chi connectivity index (χ1v) is 8.31. The lowest BCUT2D eigenvalue weighted by molar-refractivity contribution is 0.548. The summed E-state index contributed by atoms with van der Waals surface area (Å²) in [5, 5.41) is 5.73. The molecular weight excluding hydrogens is 320 g/mol. The number of nitrogens with zero attached hydrogens (tertiary/aromatic N) is 1. The van der Waals surface area contributed by atoms with Crippen molar-refractivity contribution in [3.05, 3.63) is 50.4 Å². The summed E-state index contributed by atoms with van der Waals surface area (Å²) in [6.45, 7) is 5.31. The average Bonchev–Trinajstić information content (AvgIpc) is 2.84. The van der Waals surface area contributed by atoms with Crippen molar-refractivity contribution in [2.24, 2.45) is 0 Å². The molecule has 1 N–H and O–H groups in total. The van der Waals surface area contributed by atoms with Crippen LogP contribution in [0.1, 0.15) is 35.9 Å². The number of hydrogen-bond donors (Lipinski definition) is 1. The van der Waals surface area contributed by atoms with E-state index in [-0.39, 0.29) is 0 Å². The van der Waals surface area contributed by atoms with Gasteiger partial charge in [0.05, 0.1) is 0 Å². The van der Waals surface area contributed by atoms with Gasteiger partial charge in [-0.2, -0.15) is 0 Å². The van der Waals surface area contributed by atoms with Gasteiger partial charge in [0.2, 0.25) is 0 Å². The third-order valence-corrected chi connectivity index (χ3v) is 5.18. The summed E-state index contributed by atoms with van der Waals surface area (Å²) in [6, 6.07) is 4.63. The van der Waals surface area contributed by atoms with Crippen molar-refractivity contribution in [2.45, 2.75) is 32.7 Å². The van der Waals surface area contributed by atoms with Gasteiger partial charge in [0, 0.05) is 34.2 Å². The predicted molar refractivity (Wildman–Crippen MR) is 85.8 cm³/mol. The summed E-state index contributed by atoms with van der Waals surface area (Å²) >= 11 is 5.43. The van der Waals surface area contributed by atoms with Crippen LogP contribution < -0.4 is 5.32 Å². The van der Waals surface area contributed by atoms with E-state index < -0.39 is 0 Å². The molecule has 102 valence electrons. The van der Waals surface area contributed by atoms with Crippen LogP contribution in [0.2, 0.25) is 0 Å². The molecule has 0 aliphatic carbocycles. The molecule has 19 heavy (non-hydrogen) atoms. The highest BCUT2D eigenvalue weighted by Gasteiger charge is 2.16. The van der Waals surface area contributed by atoms with Gasteiger partial charge in [-0.1, -0.05) is 13.8 Å². The molecule has 1 unspecified atom stereocenters. The molecule has 2 aromatic rings. The predicted octanol–water partition coefficient (Wildman–Crippen LogP) is 4.36. The zero-order chi connectivity index (χ0) is 13.7. The zero-order valence-corrected chi connectivity index (χ0v) is 13.7. The molecule has 0 aliphatic heterocycles. The van der Waals surface area contributed by atoms with Gasteiger partial charge in [-0.15, -0.1) is 11.3 Å². The standard InChI is InChI=1S/C15H19BrN2S/c1-3-11-10-17-7-5-12(11)14(18-4-2)9-15-13(16)6-8-19-15/h5-8,10,14,18H,3-4,9H2,1-2H3. The van der Waals surface area contributed by atoms with Crippen LogP contribution in [0.25, 0.3) is 0 Å². The van der Waals surface area contributed by atoms with Gasteiger partial charge < -0.3 is 5.32 Å². The Morgan fingerprint density at radius 2 is 2.21 bits per heavy atom. The zero-order valence-electron chi connectivity index (χ0n) is 11.3. The molecule has 1 atom stereocenters. The largest absolute Gasteiger partial charge is 0.310 e. The van der Waals surface area contributed by atoms with Gasteiger partial charge >= 0.3 is 0 Å². The lowest BCUT2D eigenvalue weighted by Gasteiger charge is -2.20. The van der Waals surface area contributed by atoms with E-state index in [9.17, 15) is 0 Å². The molecule has 0 saturated carbocycles. The molecule has 0 aliphatic rings. The Morgan fingerprint density at radius 1 is 1.37 bits per heavy atom. The normalized spacial score (nSPS) is 12.6. The Morgan fingerprint density at radius 3 is 2.84 bits per heavy atom. The van der Waals surface area contributed by atoms with Crippen LogP contribution >= 0.6 is 27.3 Å². The maximum Gasteiger partial charge on any atom is 0.0372 e. The number of likely N-dealkylation sites (N-methyl/N-ethyl adjacent to an activating group) is 1. The lowest BCUT2D eigenvalue weighted by atomic mass is 9.98. The van der Waals surface area contributed by atoms with E-state index in [2.05, 4.69) is 57.6 Å². The molecule has 0 spiro atoms. The minimum absolute atomic E-state index is 0.359. The molecule has 2 aromatic heterocycles. The van der Waals surface area contributed by atoms with Crippen molar-refractivity contribution in [3.8, 4) is 0 Å². The average molecular weight is 339 g/mol. The van der Waals surface area contributed by atoms with Crippen LogP contribution in [0, 0.1) is 0 Å². The number of nitrogens with one attached hydrogen (secondary N) is 1. The van der Waals surface area contributed by atoms with E-state index >= 15 is 0 Å². The number of hydrogen-bond acceptors (Lipinski definition) is 3. The third-order valence-electron chi connectivity index (χ3n) is 3.23. The Kier molecular flexibility index (Phi) is 5.55. The van der Waals surface area contributed by atoms with Crippen molar-refractivity contribution in [3.63, 3.8) is 0 Å². The molecule has 0 saturated heterocycles. The second-order valence-corrected chi connectivity index (χ2v) is 6.29. The first-order valence-electron chi connectivity index (χ1n) is 6.64. The summed E-state index contributed by atoms with van der Waals surface area (Å²) in [7, 11) is 0. The SMILES string of the molecule is CCNC(Cc1sccc1Br)c1ccncc1CC. The van der Waals surface area contributed by atoms with E-state index in [1.807, 2.05) is 23.7 Å². The monoisotopic (exact) mass is 338 g/mol. The topological polar surface area (TPSA) is 24.9 Å². The molecule has 0 aromatic carbocycles. The van der Waals surface area contributed by atoms with Crippen LogP contribution in [0.15, 0.2) is 34.4 Å². The number of aryl methyl sites for hydroxylation is 1. The summed E-state index contributed by atoms with van der Waals surface area (Å²) in [4.78, 5) is 5.63. The molecule has 0 fully saturated rings. The number of thiophene rings is 1. The molecule has 0 radical (unpaired) electrons. The van der Waals surface area contributed by atoms with Gasteiger partial charge in [0.25, 0.3) is 0 Å². The maximum absolute atomic E-state index is 4.24. The van der Waals surface area contributed by atoms with Crippen LogP contribution in [0.3, 0.4) is 0 Å². The van der Waals surface area contributed by atoms with Gasteiger partial charge in [0.1, 0.15) is 0 Å². The van der Waals surface area contributed by atoms with Crippen LogP contribution in [-0.2, 0) is 12.8 Å². The van der Waals surface area contributed by atoms with Gasteiger partial charge in [-0.3, -0.25) is 4.98 Å². The van der Waals surface area contributed by atoms with E-state index in [0.29, 0.717) is 6.04 Å². The van der Waals surface area contributed by atoms with Gasteiger partial charge in [-0.05, 0) is 57.5 Å². The maximum atomic E-state index is 4.24. The Labute approximate surface area is 127 Å². The summed E-state index contributed by atoms with van der Waals surface area (Å²) in [5.74, 6) is 0. The van der Waals surface area contributed by atoms with Crippen molar-refractivity contribution in [1.29, 1.82) is 0 Å². The van der Waals surface area contributed by atoms with Crippen molar-refractivity contribution in [2.75, 3.05) is 6.54 Å². The van der Waals surface area contributed by atoms with Crippen LogP contribution in [0.4, 0.5) is 0 Å². The van der Waals surface area contributed by atoms with Crippen LogP contribution in [0.5, 0.6) is 0 Å². The van der Waals surface area contributed by atoms with Crippen molar-refractivity contribution in [1.82, 2.24) is 10.3 Å². The molecule has 2 rings (SSSR count). The fourth-order valence-electron chi connectivity index (χ4n) is 2.27. The first-order chi connectivity index (χ1) is 9.26. The highest BCUT2D eigenvalue weighted by atomic mass is 79.9. The quantitative estimate of drug-likeness (QED) is 0.846. The Hall–Kier alpha value is -0.710. The highest BCUT2D eigenvalue weighted by molar-refractivity contribution is 9.10. The summed E-state index contributed by atoms with van der Waals surface area (Å²) in [6.07, 6.45) is 5.92. The van der Waals surface area contributed by atoms with E-state index in [1.165, 1.54) is 20.5 Å². The minimum atomic E-state index is 0.359. The van der Waals surface area contributed by atoms with Gasteiger partial charge in [0.15, 0.2) is 0 Å². The fraction of sp³-hybridized carbons (Fsp3) is 0.400. The van der Waals surface area contributed by atoms with Gasteiger partial charge in [-0.25, -0.2) is 0 Å². The van der Waals surface area contributed by atoms with Crippen molar-refractivity contribution >= 4 is 27.3 Å². The summed E-state index contributed by atoms with van der Waals surface area (Å²) in [5.41, 5.74) is 2.71. The fourth-order valence-corrected chi connectivity index (χ4v) is 3.83. The molecule has 4 heteroatoms. The molecule has 0 amide bonds. The minimum Gasteiger partial charge on any atom is -0.310 e. The molecular formula is C15H19BrN2S. The molecule has 2 heterocycles. The van der Waals surface area contributed by atoms with E-state index in [1.54, 1.807) is 0 Å². The third kappa shape index (κ3) is 3.65.